The van der Waals surface area contributed by atoms with E-state index in [1.165, 1.54) is 30.0 Å². The Kier molecular flexibility index (Phi) is 8.10. The highest BCUT2D eigenvalue weighted by atomic mass is 32.2. The molecule has 190 valence electrons. The average molecular weight is 541 g/mol. The third-order valence-corrected chi connectivity index (χ3v) is 7.58. The van der Waals surface area contributed by atoms with E-state index in [9.17, 15) is 13.6 Å². The van der Waals surface area contributed by atoms with Crippen molar-refractivity contribution in [1.82, 2.24) is 20.8 Å². The summed E-state index contributed by atoms with van der Waals surface area (Å²) in [7, 11) is 0. The molecule has 0 bridgehead atoms. The molecule has 4 rings (SSSR count). The number of rotatable bonds is 7. The van der Waals surface area contributed by atoms with Gasteiger partial charge in [0.1, 0.15) is 26.6 Å². The van der Waals surface area contributed by atoms with Gasteiger partial charge >= 0.3 is 0 Å². The number of nitrogens with one attached hydrogen (secondary N) is 2. The molecule has 3 aromatic rings. The first-order valence-electron chi connectivity index (χ1n) is 11.2. The molecular weight excluding hydrogens is 518 g/mol. The lowest BCUT2D eigenvalue weighted by Crippen LogP contribution is -2.41. The fourth-order valence-electron chi connectivity index (χ4n) is 3.78. The highest BCUT2D eigenvalue weighted by Crippen LogP contribution is 2.52. The molecule has 1 unspecified atom stereocenters. The second-order valence-electron chi connectivity index (χ2n) is 7.97. The molecule has 1 aliphatic rings. The summed E-state index contributed by atoms with van der Waals surface area (Å²) >= 11 is 2.65. The number of hydrogen-bond donors (Lipinski definition) is 2. The van der Waals surface area contributed by atoms with E-state index >= 15 is 0 Å². The van der Waals surface area contributed by atoms with E-state index in [2.05, 4.69) is 25.8 Å². The summed E-state index contributed by atoms with van der Waals surface area (Å²) in [5.74, 6) is -1.46. The molecule has 2 N–H and O–H groups in total. The monoisotopic (exact) mass is 540 g/mol. The Morgan fingerprint density at radius 2 is 2.00 bits per heavy atom. The maximum Gasteiger partial charge on any atom is 0.230 e. The van der Waals surface area contributed by atoms with Crippen LogP contribution in [0, 0.1) is 30.0 Å². The van der Waals surface area contributed by atoms with Crippen LogP contribution in [0.5, 0.6) is 0 Å². The van der Waals surface area contributed by atoms with E-state index in [1.54, 1.807) is 11.2 Å². The standard InChI is InChI=1S/C24H22F2N8OS2/c1-15(35)30-22(29-14-27)28-12-6-11-24(17-7-4-3-5-8-17)34(23-32-31-16(2)36-23)33-21(37-24)19-13-18(25)9-10-20(19)26/h3-5,7-10,13H,6,11-12H2,1-2H3,(H2,28,29,30,35). The van der Waals surface area contributed by atoms with Crippen molar-refractivity contribution in [3.63, 3.8) is 0 Å². The van der Waals surface area contributed by atoms with E-state index in [0.717, 1.165) is 28.8 Å². The number of anilines is 1. The van der Waals surface area contributed by atoms with Gasteiger partial charge < -0.3 is 5.32 Å². The van der Waals surface area contributed by atoms with Crippen LogP contribution >= 0.6 is 23.1 Å². The summed E-state index contributed by atoms with van der Waals surface area (Å²) < 4.78 is 28.9. The number of amides is 1. The molecule has 2 aromatic carbocycles. The minimum absolute atomic E-state index is 0.0539. The maximum absolute atomic E-state index is 14.8. The highest BCUT2D eigenvalue weighted by molar-refractivity contribution is 8.15. The Morgan fingerprint density at radius 3 is 2.68 bits per heavy atom. The maximum atomic E-state index is 14.8. The third-order valence-electron chi connectivity index (χ3n) is 5.32. The van der Waals surface area contributed by atoms with Gasteiger partial charge in [-0.3, -0.25) is 10.1 Å². The van der Waals surface area contributed by atoms with Crippen molar-refractivity contribution in [2.24, 2.45) is 10.1 Å². The van der Waals surface area contributed by atoms with Crippen LogP contribution in [0.15, 0.2) is 58.6 Å². The average Bonchev–Trinajstić information content (AvgIpc) is 3.48. The van der Waals surface area contributed by atoms with Gasteiger partial charge in [-0.05, 0) is 43.5 Å². The molecule has 0 saturated carbocycles. The molecule has 0 aliphatic carbocycles. The molecule has 37 heavy (non-hydrogen) atoms. The number of halogens is 2. The van der Waals surface area contributed by atoms with Crippen LogP contribution in [0.25, 0.3) is 0 Å². The predicted octanol–water partition coefficient (Wildman–Crippen LogP) is 4.24. The van der Waals surface area contributed by atoms with E-state index in [4.69, 9.17) is 10.4 Å². The molecule has 13 heteroatoms. The van der Waals surface area contributed by atoms with Crippen molar-refractivity contribution in [3.05, 3.63) is 76.3 Å². The number of aryl methyl sites for hydroxylation is 1. The molecule has 1 aromatic heterocycles. The van der Waals surface area contributed by atoms with Crippen LogP contribution in [0.4, 0.5) is 13.9 Å². The van der Waals surface area contributed by atoms with E-state index in [0.29, 0.717) is 29.6 Å². The van der Waals surface area contributed by atoms with E-state index < -0.39 is 16.5 Å². The lowest BCUT2D eigenvalue weighted by molar-refractivity contribution is -0.117. The van der Waals surface area contributed by atoms with Gasteiger partial charge in [0.2, 0.25) is 23.2 Å². The Morgan fingerprint density at radius 1 is 1.22 bits per heavy atom. The van der Waals surface area contributed by atoms with Crippen molar-refractivity contribution < 1.29 is 13.6 Å². The number of nitriles is 1. The fourth-order valence-corrected chi connectivity index (χ4v) is 5.97. The summed E-state index contributed by atoms with van der Waals surface area (Å²) in [6, 6.07) is 12.9. The minimum atomic E-state index is -0.858. The largest absolute Gasteiger partial charge is 0.355 e. The fraction of sp³-hybridized carbons (Fsp3) is 0.250. The molecule has 1 atom stereocenters. The number of benzene rings is 2. The van der Waals surface area contributed by atoms with Crippen molar-refractivity contribution >= 4 is 45.1 Å². The molecule has 0 saturated heterocycles. The van der Waals surface area contributed by atoms with Crippen molar-refractivity contribution in [3.8, 4) is 6.19 Å². The van der Waals surface area contributed by atoms with Crippen LogP contribution in [0.1, 0.15) is 35.9 Å². The topological polar surface area (TPSA) is 119 Å². The van der Waals surface area contributed by atoms with Crippen LogP contribution in [-0.4, -0.2) is 33.7 Å². The van der Waals surface area contributed by atoms with Crippen LogP contribution in [-0.2, 0) is 9.67 Å². The van der Waals surface area contributed by atoms with Crippen molar-refractivity contribution in [2.75, 3.05) is 11.6 Å². The number of nitrogens with zero attached hydrogens (tertiary/aromatic N) is 6. The third kappa shape index (κ3) is 5.92. The Hall–Kier alpha value is -3.89. The van der Waals surface area contributed by atoms with Gasteiger partial charge in [-0.1, -0.05) is 53.4 Å². The summed E-state index contributed by atoms with van der Waals surface area (Å²) in [6.07, 6.45) is 2.67. The smallest absolute Gasteiger partial charge is 0.230 e. The number of carbonyl (C=O) groups excluding carboxylic acids is 1. The first-order valence-corrected chi connectivity index (χ1v) is 12.8. The summed E-state index contributed by atoms with van der Waals surface area (Å²) in [4.78, 5) is 14.1. The van der Waals surface area contributed by atoms with Gasteiger partial charge in [0.25, 0.3) is 0 Å². The minimum Gasteiger partial charge on any atom is -0.355 e. The lowest BCUT2D eigenvalue weighted by Gasteiger charge is -2.35. The molecule has 1 amide bonds. The zero-order valence-corrected chi connectivity index (χ0v) is 21.5. The normalized spacial score (nSPS) is 17.3. The first kappa shape index (κ1) is 26.2. The Bertz CT molecular complexity index is 1390. The van der Waals surface area contributed by atoms with Gasteiger partial charge in [0, 0.05) is 19.0 Å². The quantitative estimate of drug-likeness (QED) is 0.199. The summed E-state index contributed by atoms with van der Waals surface area (Å²) in [5, 5.41) is 30.7. The molecule has 2 heterocycles. The number of thioether (sulfide) groups is 1. The van der Waals surface area contributed by atoms with Crippen molar-refractivity contribution in [1.29, 1.82) is 5.26 Å². The van der Waals surface area contributed by atoms with Crippen LogP contribution < -0.4 is 15.6 Å². The molecule has 0 fully saturated rings. The summed E-state index contributed by atoms with van der Waals surface area (Å²) in [6.45, 7) is 3.51. The number of hydrazone groups is 1. The second-order valence-corrected chi connectivity index (χ2v) is 10.4. The lowest BCUT2D eigenvalue weighted by atomic mass is 10.0. The SMILES string of the molecule is CC(=O)N/C(=N/C#N)NCCCC1(c2ccccc2)SC(c2cc(F)ccc2F)=NN1c1nnc(C)s1. The molecule has 1 aliphatic heterocycles. The number of guanidine groups is 1. The zero-order chi connectivity index (χ0) is 26.4. The van der Waals surface area contributed by atoms with Crippen LogP contribution in [0.2, 0.25) is 0 Å². The number of hydrogen-bond acceptors (Lipinski definition) is 9. The van der Waals surface area contributed by atoms with Crippen LogP contribution in [0.3, 0.4) is 0 Å². The van der Waals surface area contributed by atoms with E-state index in [1.807, 2.05) is 37.3 Å². The second kappa shape index (κ2) is 11.4. The predicted molar refractivity (Wildman–Crippen MR) is 140 cm³/mol. The Balaban J connectivity index is 1.70. The first-order chi connectivity index (χ1) is 17.8. The Labute approximate surface area is 220 Å². The zero-order valence-electron chi connectivity index (χ0n) is 19.9. The number of aromatic nitrogens is 2. The molecule has 0 spiro atoms. The molecular formula is C24H22F2N8OS2. The van der Waals surface area contributed by atoms with Gasteiger partial charge in [0.15, 0.2) is 0 Å². The van der Waals surface area contributed by atoms with Gasteiger partial charge in [-0.15, -0.1) is 15.2 Å². The van der Waals surface area contributed by atoms with Gasteiger partial charge in [0.05, 0.1) is 0 Å². The van der Waals surface area contributed by atoms with Gasteiger partial charge in [-0.25, -0.2) is 13.8 Å². The number of carbonyl (C=O) groups is 1. The number of aliphatic imine (C=N–C) groups is 1. The summed E-state index contributed by atoms with van der Waals surface area (Å²) in [5.41, 5.74) is 0.942. The van der Waals surface area contributed by atoms with Crippen molar-refractivity contribution in [2.45, 2.75) is 31.6 Å². The molecule has 9 nitrogen and oxygen atoms in total. The van der Waals surface area contributed by atoms with Gasteiger partial charge in [-0.2, -0.15) is 10.4 Å². The highest BCUT2D eigenvalue weighted by Gasteiger charge is 2.47. The molecule has 0 radical (unpaired) electrons. The van der Waals surface area contributed by atoms with E-state index in [-0.39, 0.29) is 17.4 Å².